The van der Waals surface area contributed by atoms with E-state index in [2.05, 4.69) is 26.3 Å². The second-order valence-electron chi connectivity index (χ2n) is 7.74. The van der Waals surface area contributed by atoms with Gasteiger partial charge in [0.2, 0.25) is 11.8 Å². The summed E-state index contributed by atoms with van der Waals surface area (Å²) in [7, 11) is 0. The maximum atomic E-state index is 12.9. The molecule has 160 valence electrons. The van der Waals surface area contributed by atoms with Gasteiger partial charge in [-0.25, -0.2) is 4.68 Å². The average molecular weight is 481 g/mol. The van der Waals surface area contributed by atoms with Gasteiger partial charge in [0.15, 0.2) is 0 Å². The van der Waals surface area contributed by atoms with Crippen molar-refractivity contribution in [2.24, 2.45) is 5.92 Å². The Morgan fingerprint density at radius 2 is 1.84 bits per heavy atom. The molecule has 0 aliphatic carbocycles. The normalized spacial score (nSPS) is 14.4. The van der Waals surface area contributed by atoms with Crippen molar-refractivity contribution >= 4 is 33.4 Å². The Morgan fingerprint density at radius 1 is 1.06 bits per heavy atom. The van der Waals surface area contributed by atoms with E-state index in [0.29, 0.717) is 38.0 Å². The molecule has 1 N–H and O–H groups in total. The van der Waals surface area contributed by atoms with Gasteiger partial charge in [-0.1, -0.05) is 46.3 Å². The highest BCUT2D eigenvalue weighted by atomic mass is 79.9. The highest BCUT2D eigenvalue weighted by molar-refractivity contribution is 9.10. The maximum Gasteiger partial charge on any atom is 0.227 e. The Morgan fingerprint density at radius 3 is 2.55 bits per heavy atom. The largest absolute Gasteiger partial charge is 0.343 e. The van der Waals surface area contributed by atoms with Gasteiger partial charge in [0.1, 0.15) is 0 Å². The average Bonchev–Trinajstić information content (AvgIpc) is 3.33. The van der Waals surface area contributed by atoms with Crippen LogP contribution in [0.3, 0.4) is 0 Å². The number of amides is 2. The highest BCUT2D eigenvalue weighted by Gasteiger charge is 2.27. The van der Waals surface area contributed by atoms with E-state index in [4.69, 9.17) is 0 Å². The van der Waals surface area contributed by atoms with Crippen LogP contribution in [-0.4, -0.2) is 39.6 Å². The molecular formula is C24H25BrN4O2. The number of hydrogen-bond acceptors (Lipinski definition) is 3. The molecule has 31 heavy (non-hydrogen) atoms. The van der Waals surface area contributed by atoms with Crippen LogP contribution in [0.5, 0.6) is 0 Å². The summed E-state index contributed by atoms with van der Waals surface area (Å²) >= 11 is 3.48. The molecule has 0 spiro atoms. The number of aryl methyl sites for hydroxylation is 1. The lowest BCUT2D eigenvalue weighted by molar-refractivity contribution is -0.134. The van der Waals surface area contributed by atoms with E-state index in [1.807, 2.05) is 65.7 Å². The number of piperidine rings is 1. The summed E-state index contributed by atoms with van der Waals surface area (Å²) in [6.45, 7) is 1.24. The first kappa shape index (κ1) is 21.3. The Bertz CT molecular complexity index is 1030. The summed E-state index contributed by atoms with van der Waals surface area (Å²) in [5.74, 6) is 0.0428. The molecule has 0 atom stereocenters. The summed E-state index contributed by atoms with van der Waals surface area (Å²) in [6, 6.07) is 17.6. The number of hydrogen-bond donors (Lipinski definition) is 1. The van der Waals surface area contributed by atoms with Crippen LogP contribution in [-0.2, 0) is 16.0 Å². The molecule has 0 radical (unpaired) electrons. The SMILES string of the molecule is O=C(Nc1cc(Br)ccc1-n1cccn1)C1CCN(C(=O)CCc2ccccc2)CC1. The second kappa shape index (κ2) is 9.92. The molecule has 0 saturated carbocycles. The number of carbonyl (C=O) groups excluding carboxylic acids is 2. The van der Waals surface area contributed by atoms with Crippen molar-refractivity contribution in [1.82, 2.24) is 14.7 Å². The summed E-state index contributed by atoms with van der Waals surface area (Å²) < 4.78 is 2.62. The molecule has 7 heteroatoms. The molecule has 2 amide bonds. The molecule has 1 aliphatic heterocycles. The van der Waals surface area contributed by atoms with Crippen LogP contribution in [0.1, 0.15) is 24.8 Å². The first-order chi connectivity index (χ1) is 15.1. The summed E-state index contributed by atoms with van der Waals surface area (Å²) in [4.78, 5) is 27.4. The van der Waals surface area contributed by atoms with Gasteiger partial charge in [0.05, 0.1) is 11.4 Å². The van der Waals surface area contributed by atoms with Gasteiger partial charge in [0.25, 0.3) is 0 Å². The molecule has 1 saturated heterocycles. The monoisotopic (exact) mass is 480 g/mol. The number of rotatable bonds is 6. The highest BCUT2D eigenvalue weighted by Crippen LogP contribution is 2.27. The van der Waals surface area contributed by atoms with Gasteiger partial charge in [-0.2, -0.15) is 5.10 Å². The Balaban J connectivity index is 1.32. The van der Waals surface area contributed by atoms with E-state index >= 15 is 0 Å². The minimum atomic E-state index is -0.109. The fourth-order valence-corrected chi connectivity index (χ4v) is 4.26. The van der Waals surface area contributed by atoms with Crippen molar-refractivity contribution < 1.29 is 9.59 Å². The second-order valence-corrected chi connectivity index (χ2v) is 8.66. The number of anilines is 1. The number of nitrogens with one attached hydrogen (secondary N) is 1. The third-order valence-corrected chi connectivity index (χ3v) is 6.15. The Kier molecular flexibility index (Phi) is 6.82. The van der Waals surface area contributed by atoms with Gasteiger partial charge < -0.3 is 10.2 Å². The number of aromatic nitrogens is 2. The first-order valence-corrected chi connectivity index (χ1v) is 11.3. The van der Waals surface area contributed by atoms with E-state index in [-0.39, 0.29) is 17.7 Å². The fraction of sp³-hybridized carbons (Fsp3) is 0.292. The van der Waals surface area contributed by atoms with Gasteiger partial charge in [-0.05, 0) is 49.1 Å². The topological polar surface area (TPSA) is 67.2 Å². The van der Waals surface area contributed by atoms with Crippen LogP contribution in [0.2, 0.25) is 0 Å². The fourth-order valence-electron chi connectivity index (χ4n) is 3.90. The lowest BCUT2D eigenvalue weighted by atomic mass is 9.95. The van der Waals surface area contributed by atoms with Gasteiger partial charge in [0, 0.05) is 42.3 Å². The molecule has 0 bridgehead atoms. The molecule has 4 rings (SSSR count). The van der Waals surface area contributed by atoms with Crippen LogP contribution < -0.4 is 5.32 Å². The van der Waals surface area contributed by atoms with Crippen LogP contribution >= 0.6 is 15.9 Å². The van der Waals surface area contributed by atoms with Gasteiger partial charge in [-0.15, -0.1) is 0 Å². The van der Waals surface area contributed by atoms with E-state index < -0.39 is 0 Å². The first-order valence-electron chi connectivity index (χ1n) is 10.5. The lowest BCUT2D eigenvalue weighted by Crippen LogP contribution is -2.41. The van der Waals surface area contributed by atoms with Gasteiger partial charge >= 0.3 is 0 Å². The molecular weight excluding hydrogens is 456 g/mol. The minimum absolute atomic E-state index is 0.0112. The predicted molar refractivity (Wildman–Crippen MR) is 124 cm³/mol. The minimum Gasteiger partial charge on any atom is -0.343 e. The zero-order valence-electron chi connectivity index (χ0n) is 17.2. The molecule has 6 nitrogen and oxygen atoms in total. The van der Waals surface area contributed by atoms with E-state index in [0.717, 1.165) is 16.6 Å². The number of carbonyl (C=O) groups is 2. The van der Waals surface area contributed by atoms with Crippen LogP contribution in [0, 0.1) is 5.92 Å². The summed E-state index contributed by atoms with van der Waals surface area (Å²) in [6.07, 6.45) is 6.16. The van der Waals surface area contributed by atoms with Crippen LogP contribution in [0.15, 0.2) is 71.5 Å². The quantitative estimate of drug-likeness (QED) is 0.566. The van der Waals surface area contributed by atoms with E-state index in [1.165, 1.54) is 5.56 Å². The van der Waals surface area contributed by atoms with E-state index in [1.54, 1.807) is 10.9 Å². The molecule has 1 aliphatic rings. The predicted octanol–water partition coefficient (Wildman–Crippen LogP) is 4.44. The standard InChI is InChI=1S/C24H25BrN4O2/c25-20-8-9-22(29-14-4-13-26-29)21(17-20)27-24(31)19-11-15-28(16-12-19)23(30)10-7-18-5-2-1-3-6-18/h1-6,8-9,13-14,17,19H,7,10-12,15-16H2,(H,27,31). The third-order valence-electron chi connectivity index (χ3n) is 5.66. The van der Waals surface area contributed by atoms with Crippen molar-refractivity contribution in [2.75, 3.05) is 18.4 Å². The zero-order valence-corrected chi connectivity index (χ0v) is 18.8. The number of halogens is 1. The van der Waals surface area contributed by atoms with Crippen molar-refractivity contribution in [2.45, 2.75) is 25.7 Å². The Labute approximate surface area is 190 Å². The Hall–Kier alpha value is -2.93. The summed E-state index contributed by atoms with van der Waals surface area (Å²) in [5.41, 5.74) is 2.70. The lowest BCUT2D eigenvalue weighted by Gasteiger charge is -2.31. The molecule has 3 aromatic rings. The maximum absolute atomic E-state index is 12.9. The molecule has 1 fully saturated rings. The van der Waals surface area contributed by atoms with Crippen molar-refractivity contribution in [3.05, 3.63) is 77.0 Å². The van der Waals surface area contributed by atoms with E-state index in [9.17, 15) is 9.59 Å². The zero-order chi connectivity index (χ0) is 21.6. The van der Waals surface area contributed by atoms with Crippen molar-refractivity contribution in [3.8, 4) is 5.69 Å². The van der Waals surface area contributed by atoms with Gasteiger partial charge in [-0.3, -0.25) is 9.59 Å². The number of nitrogens with zero attached hydrogens (tertiary/aromatic N) is 3. The molecule has 0 unspecified atom stereocenters. The smallest absolute Gasteiger partial charge is 0.227 e. The van der Waals surface area contributed by atoms with Crippen LogP contribution in [0.25, 0.3) is 5.69 Å². The number of likely N-dealkylation sites (tertiary alicyclic amines) is 1. The third kappa shape index (κ3) is 5.41. The molecule has 2 heterocycles. The van der Waals surface area contributed by atoms with Crippen LogP contribution in [0.4, 0.5) is 5.69 Å². The molecule has 2 aromatic carbocycles. The number of benzene rings is 2. The molecule has 1 aromatic heterocycles. The van der Waals surface area contributed by atoms with Crippen molar-refractivity contribution in [1.29, 1.82) is 0 Å². The summed E-state index contributed by atoms with van der Waals surface area (Å²) in [5, 5.41) is 7.34. The van der Waals surface area contributed by atoms with Crippen molar-refractivity contribution in [3.63, 3.8) is 0 Å².